The highest BCUT2D eigenvalue weighted by Gasteiger charge is 2.33. The van der Waals surface area contributed by atoms with E-state index in [9.17, 15) is 0 Å². The molecule has 0 aromatic carbocycles. The van der Waals surface area contributed by atoms with Crippen LogP contribution in [0.5, 0.6) is 0 Å². The third-order valence-corrected chi connectivity index (χ3v) is 3.28. The van der Waals surface area contributed by atoms with Crippen LogP contribution in [0.15, 0.2) is 41.4 Å². The van der Waals surface area contributed by atoms with Crippen molar-refractivity contribution in [2.24, 2.45) is 16.8 Å². The molecule has 0 unspecified atom stereocenters. The third-order valence-electron chi connectivity index (χ3n) is 3.28. The van der Waals surface area contributed by atoms with Crippen molar-refractivity contribution in [1.82, 2.24) is 0 Å². The normalized spacial score (nSPS) is 28.9. The Morgan fingerprint density at radius 1 is 1.67 bits per heavy atom. The van der Waals surface area contributed by atoms with Crippen molar-refractivity contribution < 1.29 is 4.74 Å². The summed E-state index contributed by atoms with van der Waals surface area (Å²) in [5, 5.41) is 0. The highest BCUT2D eigenvalue weighted by molar-refractivity contribution is 5.96. The first-order valence-electron chi connectivity index (χ1n) is 6.25. The van der Waals surface area contributed by atoms with E-state index in [0.717, 1.165) is 11.5 Å². The van der Waals surface area contributed by atoms with Gasteiger partial charge in [0.05, 0.1) is 5.54 Å². The Morgan fingerprint density at radius 2 is 2.44 bits per heavy atom. The molecule has 2 rings (SSSR count). The summed E-state index contributed by atoms with van der Waals surface area (Å²) in [6.45, 7) is 8.69. The summed E-state index contributed by atoms with van der Waals surface area (Å²) in [5.74, 6) is 3.96. The predicted molar refractivity (Wildman–Crippen MR) is 75.3 cm³/mol. The maximum Gasteiger partial charge on any atom is 0.213 e. The second-order valence-corrected chi connectivity index (χ2v) is 5.36. The average Bonchev–Trinajstić information content (AvgIpc) is 2.70. The van der Waals surface area contributed by atoms with Crippen LogP contribution >= 0.6 is 0 Å². The maximum absolute atomic E-state index is 5.71. The zero-order valence-corrected chi connectivity index (χ0v) is 11.0. The first kappa shape index (κ1) is 12.7. The second-order valence-electron chi connectivity index (χ2n) is 5.36. The standard InChI is InChI=1S/C16H19NO/c1-5-8-12-9-7-10-14(13(12)6-2)15-17-16(3,4)11-18-15/h1,6-7,9-10,12-13H,2,8,11H2,3-4H3/t12-,13+/m1/s1. The third kappa shape index (κ3) is 2.41. The maximum atomic E-state index is 5.71. The van der Waals surface area contributed by atoms with E-state index in [2.05, 4.69) is 43.5 Å². The molecule has 18 heavy (non-hydrogen) atoms. The summed E-state index contributed by atoms with van der Waals surface area (Å²) in [5.41, 5.74) is 0.961. The molecule has 2 nitrogen and oxygen atoms in total. The molecule has 0 spiro atoms. The summed E-state index contributed by atoms with van der Waals surface area (Å²) in [6, 6.07) is 0. The second kappa shape index (κ2) is 4.86. The molecule has 0 bridgehead atoms. The lowest BCUT2D eigenvalue weighted by Gasteiger charge is -2.25. The monoisotopic (exact) mass is 241 g/mol. The van der Waals surface area contributed by atoms with Crippen molar-refractivity contribution in [3.63, 3.8) is 0 Å². The molecule has 0 amide bonds. The lowest BCUT2D eigenvalue weighted by Crippen LogP contribution is -2.21. The molecule has 2 heteroatoms. The fourth-order valence-corrected chi connectivity index (χ4v) is 2.34. The van der Waals surface area contributed by atoms with E-state index in [4.69, 9.17) is 11.2 Å². The molecule has 1 aliphatic heterocycles. The van der Waals surface area contributed by atoms with Gasteiger partial charge in [0, 0.05) is 17.9 Å². The van der Waals surface area contributed by atoms with Crippen LogP contribution in [0.4, 0.5) is 0 Å². The van der Waals surface area contributed by atoms with Crippen LogP contribution in [0.25, 0.3) is 0 Å². The van der Waals surface area contributed by atoms with Gasteiger partial charge in [0.25, 0.3) is 0 Å². The van der Waals surface area contributed by atoms with E-state index in [0.29, 0.717) is 18.9 Å². The molecule has 0 aromatic rings. The molecule has 1 heterocycles. The topological polar surface area (TPSA) is 21.6 Å². The van der Waals surface area contributed by atoms with Gasteiger partial charge in [0.15, 0.2) is 0 Å². The van der Waals surface area contributed by atoms with Gasteiger partial charge in [-0.25, -0.2) is 4.99 Å². The van der Waals surface area contributed by atoms with Crippen LogP contribution in [0.2, 0.25) is 0 Å². The van der Waals surface area contributed by atoms with E-state index in [-0.39, 0.29) is 11.5 Å². The van der Waals surface area contributed by atoms with Crippen LogP contribution in [-0.4, -0.2) is 18.0 Å². The smallest absolute Gasteiger partial charge is 0.213 e. The van der Waals surface area contributed by atoms with E-state index >= 15 is 0 Å². The molecule has 0 fully saturated rings. The average molecular weight is 241 g/mol. The van der Waals surface area contributed by atoms with Crippen molar-refractivity contribution >= 4 is 5.90 Å². The minimum atomic E-state index is -0.134. The summed E-state index contributed by atoms with van der Waals surface area (Å²) in [6.07, 6.45) is 14.3. The van der Waals surface area contributed by atoms with Gasteiger partial charge >= 0.3 is 0 Å². The minimum absolute atomic E-state index is 0.134. The summed E-state index contributed by atoms with van der Waals surface area (Å²) >= 11 is 0. The number of allylic oxidation sites excluding steroid dienone is 4. The molecule has 0 N–H and O–H groups in total. The first-order chi connectivity index (χ1) is 8.57. The van der Waals surface area contributed by atoms with E-state index in [1.807, 2.05) is 12.2 Å². The fourth-order valence-electron chi connectivity index (χ4n) is 2.34. The highest BCUT2D eigenvalue weighted by Crippen LogP contribution is 2.33. The Morgan fingerprint density at radius 3 is 3.00 bits per heavy atom. The lowest BCUT2D eigenvalue weighted by molar-refractivity contribution is 0.277. The SMILES string of the molecule is C#CC[C@@H]1C=CC=C(C2=NC(C)(C)CO2)[C@H]1C=C. The molecule has 94 valence electrons. The molecule has 0 radical (unpaired) electrons. The van der Waals surface area contributed by atoms with E-state index in [1.165, 1.54) is 0 Å². The van der Waals surface area contributed by atoms with Gasteiger partial charge in [-0.1, -0.05) is 24.3 Å². The van der Waals surface area contributed by atoms with Crippen molar-refractivity contribution in [3.8, 4) is 12.3 Å². The predicted octanol–water partition coefficient (Wildman–Crippen LogP) is 3.13. The van der Waals surface area contributed by atoms with Gasteiger partial charge < -0.3 is 4.74 Å². The molecule has 0 saturated carbocycles. The zero-order valence-electron chi connectivity index (χ0n) is 11.0. The van der Waals surface area contributed by atoms with Gasteiger partial charge in [0.1, 0.15) is 6.61 Å². The number of hydrogen-bond donors (Lipinski definition) is 0. The molecule has 2 atom stereocenters. The Hall–Kier alpha value is -1.75. The number of hydrogen-bond acceptors (Lipinski definition) is 2. The number of rotatable bonds is 3. The van der Waals surface area contributed by atoms with E-state index < -0.39 is 0 Å². The first-order valence-corrected chi connectivity index (χ1v) is 6.25. The van der Waals surface area contributed by atoms with Gasteiger partial charge in [0.2, 0.25) is 5.90 Å². The van der Waals surface area contributed by atoms with Crippen LogP contribution in [-0.2, 0) is 4.74 Å². The fraction of sp³-hybridized carbons (Fsp3) is 0.438. The minimum Gasteiger partial charge on any atom is -0.475 e. The Balaban J connectivity index is 2.28. The summed E-state index contributed by atoms with van der Waals surface area (Å²) in [4.78, 5) is 4.63. The van der Waals surface area contributed by atoms with Crippen LogP contribution in [0.1, 0.15) is 20.3 Å². The number of ether oxygens (including phenoxy) is 1. The summed E-state index contributed by atoms with van der Waals surface area (Å²) < 4.78 is 5.71. The van der Waals surface area contributed by atoms with Gasteiger partial charge in [-0.2, -0.15) is 0 Å². The van der Waals surface area contributed by atoms with Gasteiger partial charge in [-0.15, -0.1) is 18.9 Å². The van der Waals surface area contributed by atoms with Crippen LogP contribution < -0.4 is 0 Å². The van der Waals surface area contributed by atoms with Crippen molar-refractivity contribution in [1.29, 1.82) is 0 Å². The summed E-state index contributed by atoms with van der Waals surface area (Å²) in [7, 11) is 0. The number of aliphatic imine (C=N–C) groups is 1. The van der Waals surface area contributed by atoms with Crippen LogP contribution in [0, 0.1) is 24.2 Å². The van der Waals surface area contributed by atoms with Gasteiger partial charge in [-0.05, 0) is 19.8 Å². The Labute approximate surface area is 109 Å². The molecule has 0 aromatic heterocycles. The number of nitrogens with zero attached hydrogens (tertiary/aromatic N) is 1. The highest BCUT2D eigenvalue weighted by atomic mass is 16.5. The van der Waals surface area contributed by atoms with Crippen molar-refractivity contribution in [2.45, 2.75) is 25.8 Å². The largest absolute Gasteiger partial charge is 0.475 e. The van der Waals surface area contributed by atoms with Gasteiger partial charge in [-0.3, -0.25) is 0 Å². The van der Waals surface area contributed by atoms with Crippen molar-refractivity contribution in [2.75, 3.05) is 6.61 Å². The molecule has 1 aliphatic carbocycles. The molecular formula is C16H19NO. The van der Waals surface area contributed by atoms with E-state index in [1.54, 1.807) is 0 Å². The lowest BCUT2D eigenvalue weighted by atomic mass is 9.80. The Bertz CT molecular complexity index is 474. The molecule has 0 saturated heterocycles. The Kier molecular flexibility index (Phi) is 3.43. The van der Waals surface area contributed by atoms with Crippen LogP contribution in [0.3, 0.4) is 0 Å². The molecule has 2 aliphatic rings. The van der Waals surface area contributed by atoms with Crippen molar-refractivity contribution in [3.05, 3.63) is 36.5 Å². The molecular weight excluding hydrogens is 222 g/mol. The quantitative estimate of drug-likeness (QED) is 0.549. The number of terminal acetylenes is 1. The zero-order chi connectivity index (χ0) is 13.2.